The Morgan fingerprint density at radius 3 is 2.00 bits per heavy atom. The van der Waals surface area contributed by atoms with Crippen LogP contribution in [0.25, 0.3) is 0 Å². The molecule has 1 fully saturated rings. The molecule has 3 rings (SSSR count). The second kappa shape index (κ2) is 7.20. The van der Waals surface area contributed by atoms with E-state index < -0.39 is 0 Å². The average Bonchev–Trinajstić information content (AvgIpc) is 2.93. The van der Waals surface area contributed by atoms with Crippen LogP contribution >= 0.6 is 0 Å². The summed E-state index contributed by atoms with van der Waals surface area (Å²) in [6.07, 6.45) is 2.23. The van der Waals surface area contributed by atoms with Crippen LogP contribution in [-0.4, -0.2) is 12.1 Å². The highest BCUT2D eigenvalue weighted by molar-refractivity contribution is 5.45. The van der Waals surface area contributed by atoms with Crippen molar-refractivity contribution in [2.24, 2.45) is 11.8 Å². The zero-order valence-corrected chi connectivity index (χ0v) is 14.1. The Balaban J connectivity index is 1.59. The van der Waals surface area contributed by atoms with E-state index in [0.717, 1.165) is 24.2 Å². The molecule has 1 unspecified atom stereocenters. The van der Waals surface area contributed by atoms with Crippen LogP contribution in [0, 0.1) is 23.5 Å². The van der Waals surface area contributed by atoms with E-state index >= 15 is 0 Å². The molecule has 4 heteroatoms. The summed E-state index contributed by atoms with van der Waals surface area (Å²) in [4.78, 5) is 0. The van der Waals surface area contributed by atoms with Gasteiger partial charge in [-0.05, 0) is 80.1 Å². The van der Waals surface area contributed by atoms with Crippen molar-refractivity contribution in [2.75, 3.05) is 10.6 Å². The third-order valence-corrected chi connectivity index (χ3v) is 5.20. The standard InChI is InChI=1S/C20H24F2N2/c1-13-19(14(2)23-17-7-3-15(21)4-8-17)11-12-20(13)24-18-9-5-16(22)6-10-18/h3-10,13-14,19-20,23-24H,11-12H2,1-2H3/t13-,14-,19+,20?/m1/s1. The fourth-order valence-corrected chi connectivity index (χ4v) is 3.78. The van der Waals surface area contributed by atoms with Gasteiger partial charge in [0.2, 0.25) is 0 Å². The van der Waals surface area contributed by atoms with Crippen molar-refractivity contribution >= 4 is 11.4 Å². The number of hydrogen-bond donors (Lipinski definition) is 2. The van der Waals surface area contributed by atoms with E-state index in [0.29, 0.717) is 23.9 Å². The Morgan fingerprint density at radius 1 is 0.875 bits per heavy atom. The van der Waals surface area contributed by atoms with Crippen LogP contribution in [0.4, 0.5) is 20.2 Å². The minimum atomic E-state index is -0.217. The lowest BCUT2D eigenvalue weighted by atomic mass is 9.89. The molecule has 24 heavy (non-hydrogen) atoms. The quantitative estimate of drug-likeness (QED) is 0.778. The molecule has 2 N–H and O–H groups in total. The molecular formula is C20H24F2N2. The molecule has 128 valence electrons. The molecule has 1 aliphatic rings. The number of benzene rings is 2. The normalized spacial score (nSPS) is 24.6. The van der Waals surface area contributed by atoms with Crippen LogP contribution in [0.2, 0.25) is 0 Å². The van der Waals surface area contributed by atoms with Gasteiger partial charge in [-0.25, -0.2) is 8.78 Å². The molecule has 2 aromatic rings. The van der Waals surface area contributed by atoms with Crippen LogP contribution in [0.3, 0.4) is 0 Å². The van der Waals surface area contributed by atoms with E-state index in [4.69, 9.17) is 0 Å². The molecule has 1 saturated carbocycles. The first-order chi connectivity index (χ1) is 11.5. The maximum Gasteiger partial charge on any atom is 0.123 e. The predicted octanol–water partition coefficient (Wildman–Crippen LogP) is 5.29. The number of halogens is 2. The van der Waals surface area contributed by atoms with Gasteiger partial charge in [0, 0.05) is 23.5 Å². The van der Waals surface area contributed by atoms with E-state index in [2.05, 4.69) is 24.5 Å². The monoisotopic (exact) mass is 330 g/mol. The summed E-state index contributed by atoms with van der Waals surface area (Å²) in [7, 11) is 0. The van der Waals surface area contributed by atoms with Crippen molar-refractivity contribution in [3.05, 3.63) is 60.2 Å². The lowest BCUT2D eigenvalue weighted by molar-refractivity contribution is 0.365. The number of rotatable bonds is 5. The molecule has 0 bridgehead atoms. The maximum absolute atomic E-state index is 13.0. The van der Waals surface area contributed by atoms with E-state index in [1.54, 1.807) is 24.3 Å². The van der Waals surface area contributed by atoms with Crippen LogP contribution in [0.15, 0.2) is 48.5 Å². The van der Waals surface area contributed by atoms with Gasteiger partial charge in [0.25, 0.3) is 0 Å². The molecular weight excluding hydrogens is 306 g/mol. The maximum atomic E-state index is 13.0. The fourth-order valence-electron chi connectivity index (χ4n) is 3.78. The largest absolute Gasteiger partial charge is 0.382 e. The molecule has 2 nitrogen and oxygen atoms in total. The Labute approximate surface area is 142 Å². The van der Waals surface area contributed by atoms with Crippen molar-refractivity contribution in [3.8, 4) is 0 Å². The van der Waals surface area contributed by atoms with Crippen molar-refractivity contribution < 1.29 is 8.78 Å². The Bertz CT molecular complexity index is 654. The van der Waals surface area contributed by atoms with Crippen LogP contribution in [-0.2, 0) is 0 Å². The number of nitrogens with one attached hydrogen (secondary N) is 2. The molecule has 0 radical (unpaired) electrons. The molecule has 0 saturated heterocycles. The first kappa shape index (κ1) is 16.7. The molecule has 1 aliphatic carbocycles. The van der Waals surface area contributed by atoms with Crippen molar-refractivity contribution in [1.82, 2.24) is 0 Å². The summed E-state index contributed by atoms with van der Waals surface area (Å²) >= 11 is 0. The zero-order valence-electron chi connectivity index (χ0n) is 14.1. The lowest BCUT2D eigenvalue weighted by Gasteiger charge is -2.28. The summed E-state index contributed by atoms with van der Waals surface area (Å²) in [5.74, 6) is 0.604. The third-order valence-electron chi connectivity index (χ3n) is 5.20. The van der Waals surface area contributed by atoms with E-state index in [-0.39, 0.29) is 11.6 Å². The molecule has 0 aliphatic heterocycles. The van der Waals surface area contributed by atoms with Gasteiger partial charge in [-0.15, -0.1) is 0 Å². The highest BCUT2D eigenvalue weighted by atomic mass is 19.1. The molecule has 2 aromatic carbocycles. The van der Waals surface area contributed by atoms with Gasteiger partial charge >= 0.3 is 0 Å². The highest BCUT2D eigenvalue weighted by Gasteiger charge is 2.35. The topological polar surface area (TPSA) is 24.1 Å². The molecule has 0 aromatic heterocycles. The van der Waals surface area contributed by atoms with Crippen LogP contribution < -0.4 is 10.6 Å². The van der Waals surface area contributed by atoms with Crippen LogP contribution in [0.5, 0.6) is 0 Å². The smallest absolute Gasteiger partial charge is 0.123 e. The Kier molecular flexibility index (Phi) is 5.03. The van der Waals surface area contributed by atoms with Gasteiger partial charge in [0.1, 0.15) is 11.6 Å². The number of anilines is 2. The predicted molar refractivity (Wildman–Crippen MR) is 95.2 cm³/mol. The van der Waals surface area contributed by atoms with Gasteiger partial charge in [-0.2, -0.15) is 0 Å². The highest BCUT2D eigenvalue weighted by Crippen LogP contribution is 2.37. The van der Waals surface area contributed by atoms with Gasteiger partial charge in [0.05, 0.1) is 0 Å². The Hall–Kier alpha value is -2.10. The van der Waals surface area contributed by atoms with Gasteiger partial charge in [-0.3, -0.25) is 0 Å². The van der Waals surface area contributed by atoms with Crippen molar-refractivity contribution in [1.29, 1.82) is 0 Å². The van der Waals surface area contributed by atoms with E-state index in [1.807, 2.05) is 0 Å². The first-order valence-corrected chi connectivity index (χ1v) is 8.57. The Morgan fingerprint density at radius 2 is 1.42 bits per heavy atom. The summed E-state index contributed by atoms with van der Waals surface area (Å²) in [5, 5.41) is 7.02. The first-order valence-electron chi connectivity index (χ1n) is 8.57. The van der Waals surface area contributed by atoms with Crippen LogP contribution in [0.1, 0.15) is 26.7 Å². The minimum absolute atomic E-state index is 0.213. The second-order valence-electron chi connectivity index (χ2n) is 6.80. The third kappa shape index (κ3) is 3.86. The van der Waals surface area contributed by atoms with E-state index in [1.165, 1.54) is 24.3 Å². The molecule has 0 heterocycles. The van der Waals surface area contributed by atoms with Gasteiger partial charge < -0.3 is 10.6 Å². The summed E-state index contributed by atoms with van der Waals surface area (Å²) in [6.45, 7) is 4.45. The van der Waals surface area contributed by atoms with Crippen molar-refractivity contribution in [2.45, 2.75) is 38.8 Å². The molecule has 4 atom stereocenters. The SMILES string of the molecule is C[C@@H](Nc1ccc(F)cc1)[C@H]1CCC(Nc2ccc(F)cc2)[C@@H]1C. The van der Waals surface area contributed by atoms with E-state index in [9.17, 15) is 8.78 Å². The molecule has 0 spiro atoms. The van der Waals surface area contributed by atoms with Gasteiger partial charge in [-0.1, -0.05) is 6.92 Å². The average molecular weight is 330 g/mol. The lowest BCUT2D eigenvalue weighted by Crippen LogP contribution is -2.32. The minimum Gasteiger partial charge on any atom is -0.382 e. The zero-order chi connectivity index (χ0) is 17.1. The number of hydrogen-bond acceptors (Lipinski definition) is 2. The fraction of sp³-hybridized carbons (Fsp3) is 0.400. The summed E-state index contributed by atoms with van der Waals surface area (Å²) in [6, 6.07) is 13.8. The molecule has 0 amide bonds. The summed E-state index contributed by atoms with van der Waals surface area (Å²) in [5.41, 5.74) is 1.92. The second-order valence-corrected chi connectivity index (χ2v) is 6.80. The van der Waals surface area contributed by atoms with Gasteiger partial charge in [0.15, 0.2) is 0 Å². The van der Waals surface area contributed by atoms with Crippen molar-refractivity contribution in [3.63, 3.8) is 0 Å². The summed E-state index contributed by atoms with van der Waals surface area (Å²) < 4.78 is 26.0.